The molecule has 1 aromatic heterocycles. The van der Waals surface area contributed by atoms with Crippen LogP contribution in [0.5, 0.6) is 0 Å². The van der Waals surface area contributed by atoms with Gasteiger partial charge in [0.05, 0.1) is 0 Å². The Labute approximate surface area is 77.5 Å². The van der Waals surface area contributed by atoms with Crippen LogP contribution < -0.4 is 11.1 Å². The Hall–Kier alpha value is -1.29. The molecule has 0 bridgehead atoms. The Morgan fingerprint density at radius 1 is 1.77 bits per heavy atom. The number of primary amides is 1. The van der Waals surface area contributed by atoms with Crippen molar-refractivity contribution in [1.29, 1.82) is 0 Å². The number of aromatic amines is 1. The van der Waals surface area contributed by atoms with E-state index in [0.29, 0.717) is 6.42 Å². The fraction of sp³-hybridized carbons (Fsp3) is 0.444. The van der Waals surface area contributed by atoms with Crippen LogP contribution in [-0.2, 0) is 11.3 Å². The summed E-state index contributed by atoms with van der Waals surface area (Å²) in [7, 11) is 0. The molecule has 1 rings (SSSR count). The molecule has 0 saturated carbocycles. The summed E-state index contributed by atoms with van der Waals surface area (Å²) in [4.78, 5) is 13.5. The highest BCUT2D eigenvalue weighted by Gasteiger charge is 2.04. The minimum Gasteiger partial charge on any atom is -0.370 e. The molecule has 0 fully saturated rings. The molecular formula is C9H15N3O. The van der Waals surface area contributed by atoms with Crippen LogP contribution >= 0.6 is 0 Å². The van der Waals surface area contributed by atoms with Crippen LogP contribution in [0.2, 0.25) is 0 Å². The predicted octanol–water partition coefficient (Wildman–Crippen LogP) is 0.368. The second-order valence-corrected chi connectivity index (χ2v) is 3.17. The first-order chi connectivity index (χ1) is 6.18. The van der Waals surface area contributed by atoms with Gasteiger partial charge in [-0.1, -0.05) is 0 Å². The number of nitrogens with two attached hydrogens (primary N) is 1. The number of aromatic nitrogens is 1. The number of nitrogens with one attached hydrogen (secondary N) is 2. The van der Waals surface area contributed by atoms with E-state index in [9.17, 15) is 4.79 Å². The quantitative estimate of drug-likeness (QED) is 0.614. The molecule has 4 heteroatoms. The summed E-state index contributed by atoms with van der Waals surface area (Å²) in [6.07, 6.45) is 4.17. The third kappa shape index (κ3) is 3.75. The fourth-order valence-corrected chi connectivity index (χ4v) is 1.13. The van der Waals surface area contributed by atoms with E-state index in [-0.39, 0.29) is 11.9 Å². The molecule has 0 radical (unpaired) electrons. The lowest BCUT2D eigenvalue weighted by atomic mass is 10.2. The van der Waals surface area contributed by atoms with Gasteiger partial charge in [0.2, 0.25) is 5.91 Å². The summed E-state index contributed by atoms with van der Waals surface area (Å²) < 4.78 is 0. The molecule has 0 aliphatic carbocycles. The zero-order chi connectivity index (χ0) is 9.68. The molecule has 1 atom stereocenters. The van der Waals surface area contributed by atoms with E-state index in [2.05, 4.69) is 10.3 Å². The first-order valence-electron chi connectivity index (χ1n) is 4.32. The van der Waals surface area contributed by atoms with E-state index < -0.39 is 0 Å². The molecule has 0 aliphatic rings. The van der Waals surface area contributed by atoms with Crippen LogP contribution in [0.1, 0.15) is 18.9 Å². The van der Waals surface area contributed by atoms with Crippen molar-refractivity contribution in [1.82, 2.24) is 10.3 Å². The minimum absolute atomic E-state index is 0.132. The topological polar surface area (TPSA) is 70.9 Å². The summed E-state index contributed by atoms with van der Waals surface area (Å²) >= 11 is 0. The van der Waals surface area contributed by atoms with Gasteiger partial charge in [-0.05, 0) is 18.6 Å². The normalized spacial score (nSPS) is 12.7. The van der Waals surface area contributed by atoms with E-state index in [1.807, 2.05) is 25.4 Å². The molecule has 1 heterocycles. The molecule has 13 heavy (non-hydrogen) atoms. The number of rotatable bonds is 5. The van der Waals surface area contributed by atoms with E-state index in [1.54, 1.807) is 0 Å². The van der Waals surface area contributed by atoms with Crippen LogP contribution in [0.4, 0.5) is 0 Å². The summed E-state index contributed by atoms with van der Waals surface area (Å²) in [5.41, 5.74) is 6.23. The SMILES string of the molecule is CC(CC(N)=O)NCc1cc[nH]c1. The van der Waals surface area contributed by atoms with Gasteiger partial charge >= 0.3 is 0 Å². The van der Waals surface area contributed by atoms with E-state index >= 15 is 0 Å². The van der Waals surface area contributed by atoms with Crippen molar-refractivity contribution < 1.29 is 4.79 Å². The van der Waals surface area contributed by atoms with Gasteiger partial charge < -0.3 is 16.0 Å². The molecule has 0 aliphatic heterocycles. The van der Waals surface area contributed by atoms with Gasteiger partial charge in [-0.2, -0.15) is 0 Å². The van der Waals surface area contributed by atoms with Crippen LogP contribution in [0.3, 0.4) is 0 Å². The lowest BCUT2D eigenvalue weighted by molar-refractivity contribution is -0.118. The van der Waals surface area contributed by atoms with Crippen LogP contribution in [0.25, 0.3) is 0 Å². The van der Waals surface area contributed by atoms with Gasteiger partial charge in [-0.3, -0.25) is 4.79 Å². The second-order valence-electron chi connectivity index (χ2n) is 3.17. The minimum atomic E-state index is -0.269. The standard InChI is InChI=1S/C9H15N3O/c1-7(4-9(10)13)12-6-8-2-3-11-5-8/h2-3,5,7,11-12H,4,6H2,1H3,(H2,10,13). The Morgan fingerprint density at radius 3 is 3.08 bits per heavy atom. The van der Waals surface area contributed by atoms with Crippen LogP contribution in [0.15, 0.2) is 18.5 Å². The largest absolute Gasteiger partial charge is 0.370 e. The van der Waals surface area contributed by atoms with Crippen molar-refractivity contribution in [3.05, 3.63) is 24.0 Å². The maximum atomic E-state index is 10.5. The monoisotopic (exact) mass is 181 g/mol. The molecule has 0 spiro atoms. The molecule has 1 amide bonds. The zero-order valence-corrected chi connectivity index (χ0v) is 7.71. The van der Waals surface area contributed by atoms with Crippen LogP contribution in [0, 0.1) is 0 Å². The van der Waals surface area contributed by atoms with Crippen molar-refractivity contribution in [3.8, 4) is 0 Å². The number of hydrogen-bond acceptors (Lipinski definition) is 2. The number of carbonyl (C=O) groups excluding carboxylic acids is 1. The Bertz CT molecular complexity index is 256. The number of carbonyl (C=O) groups is 1. The highest BCUT2D eigenvalue weighted by molar-refractivity contribution is 5.74. The second kappa shape index (κ2) is 4.67. The van der Waals surface area contributed by atoms with Crippen molar-refractivity contribution in [3.63, 3.8) is 0 Å². The molecule has 1 unspecified atom stereocenters. The molecule has 4 N–H and O–H groups in total. The molecule has 72 valence electrons. The van der Waals surface area contributed by atoms with Crippen molar-refractivity contribution in [2.24, 2.45) is 5.73 Å². The number of H-pyrrole nitrogens is 1. The summed E-state index contributed by atoms with van der Waals surface area (Å²) in [5, 5.41) is 3.20. The molecular weight excluding hydrogens is 166 g/mol. The van der Waals surface area contributed by atoms with E-state index in [4.69, 9.17) is 5.73 Å². The van der Waals surface area contributed by atoms with Gasteiger partial charge in [-0.15, -0.1) is 0 Å². The Balaban J connectivity index is 2.22. The van der Waals surface area contributed by atoms with E-state index in [1.165, 1.54) is 5.56 Å². The third-order valence-corrected chi connectivity index (χ3v) is 1.82. The first-order valence-corrected chi connectivity index (χ1v) is 4.32. The van der Waals surface area contributed by atoms with Gasteiger partial charge in [0.25, 0.3) is 0 Å². The van der Waals surface area contributed by atoms with Crippen molar-refractivity contribution in [2.75, 3.05) is 0 Å². The fourth-order valence-electron chi connectivity index (χ4n) is 1.13. The average Bonchev–Trinajstić information content (AvgIpc) is 2.51. The van der Waals surface area contributed by atoms with Crippen molar-refractivity contribution in [2.45, 2.75) is 25.9 Å². The Kier molecular flexibility index (Phi) is 3.52. The highest BCUT2D eigenvalue weighted by atomic mass is 16.1. The lowest BCUT2D eigenvalue weighted by Crippen LogP contribution is -2.30. The lowest BCUT2D eigenvalue weighted by Gasteiger charge is -2.10. The third-order valence-electron chi connectivity index (χ3n) is 1.82. The molecule has 1 aromatic rings. The smallest absolute Gasteiger partial charge is 0.218 e. The summed E-state index contributed by atoms with van der Waals surface area (Å²) in [6, 6.07) is 2.12. The van der Waals surface area contributed by atoms with Crippen LogP contribution in [-0.4, -0.2) is 16.9 Å². The molecule has 0 saturated heterocycles. The highest BCUT2D eigenvalue weighted by Crippen LogP contribution is 1.97. The first kappa shape index (κ1) is 9.80. The van der Waals surface area contributed by atoms with Gasteiger partial charge in [0.1, 0.15) is 0 Å². The van der Waals surface area contributed by atoms with E-state index in [0.717, 1.165) is 6.54 Å². The maximum Gasteiger partial charge on any atom is 0.218 e. The number of amides is 1. The maximum absolute atomic E-state index is 10.5. The Morgan fingerprint density at radius 2 is 2.54 bits per heavy atom. The van der Waals surface area contributed by atoms with Crippen molar-refractivity contribution >= 4 is 5.91 Å². The molecule has 0 aromatic carbocycles. The van der Waals surface area contributed by atoms with Gasteiger partial charge in [0, 0.05) is 31.4 Å². The number of hydrogen-bond donors (Lipinski definition) is 3. The van der Waals surface area contributed by atoms with Gasteiger partial charge in [-0.25, -0.2) is 0 Å². The summed E-state index contributed by atoms with van der Waals surface area (Å²) in [6.45, 7) is 2.70. The average molecular weight is 181 g/mol. The predicted molar refractivity (Wildman–Crippen MR) is 50.9 cm³/mol. The van der Waals surface area contributed by atoms with Gasteiger partial charge in [0.15, 0.2) is 0 Å². The summed E-state index contributed by atoms with van der Waals surface area (Å²) in [5.74, 6) is -0.269. The zero-order valence-electron chi connectivity index (χ0n) is 7.71. The molecule has 4 nitrogen and oxygen atoms in total.